The summed E-state index contributed by atoms with van der Waals surface area (Å²) in [6.45, 7) is 4.30. The molecule has 2 aromatic heterocycles. The monoisotopic (exact) mass is 483 g/mol. The molecule has 3 N–H and O–H groups in total. The maximum absolute atomic E-state index is 13.3. The van der Waals surface area contributed by atoms with Crippen LogP contribution in [0.4, 0.5) is 18.9 Å². The van der Waals surface area contributed by atoms with Crippen molar-refractivity contribution in [2.45, 2.75) is 6.18 Å². The lowest BCUT2D eigenvalue weighted by Crippen LogP contribution is -2.47. The second-order valence-electron chi connectivity index (χ2n) is 8.51. The molecule has 1 aliphatic rings. The number of H-pyrrole nitrogens is 2. The lowest BCUT2D eigenvalue weighted by atomic mass is 9.99. The van der Waals surface area contributed by atoms with Crippen molar-refractivity contribution >= 4 is 22.5 Å². The number of β-amino-alcohol motifs (C(OH)–C–C–N with tert-alkyl or cyclic N) is 1. The zero-order valence-electron chi connectivity index (χ0n) is 18.8. The van der Waals surface area contributed by atoms with Crippen molar-refractivity contribution in [3.05, 3.63) is 71.4 Å². The molecule has 182 valence electrons. The predicted octanol–water partition coefficient (Wildman–Crippen LogP) is 3.92. The summed E-state index contributed by atoms with van der Waals surface area (Å²) in [5.74, 6) is -0.216. The van der Waals surface area contributed by atoms with Crippen LogP contribution in [0.5, 0.6) is 0 Å². The molecular weight excluding hydrogens is 459 g/mol. The zero-order chi connectivity index (χ0) is 24.6. The molecule has 0 radical (unpaired) electrons. The highest BCUT2D eigenvalue weighted by Crippen LogP contribution is 2.33. The minimum absolute atomic E-state index is 0.124. The van der Waals surface area contributed by atoms with Gasteiger partial charge in [0.2, 0.25) is 0 Å². The van der Waals surface area contributed by atoms with Crippen LogP contribution in [0.1, 0.15) is 21.5 Å². The van der Waals surface area contributed by atoms with E-state index >= 15 is 0 Å². The summed E-state index contributed by atoms with van der Waals surface area (Å²) in [4.78, 5) is 28.1. The molecule has 0 spiro atoms. The largest absolute Gasteiger partial charge is 0.417 e. The molecule has 1 aliphatic heterocycles. The summed E-state index contributed by atoms with van der Waals surface area (Å²) in [7, 11) is 0. The van der Waals surface area contributed by atoms with E-state index in [9.17, 15) is 18.0 Å². The summed E-state index contributed by atoms with van der Waals surface area (Å²) in [6.07, 6.45) is -3.22. The molecule has 0 unspecified atom stereocenters. The SMILES string of the molecule is O=C(c1c[nH]c(-c2nc3ccc(N4CCN(CCO)CC4)cc3[nH]2)c1)c1ccccc1C(F)(F)F. The third-order valence-electron chi connectivity index (χ3n) is 6.30. The lowest BCUT2D eigenvalue weighted by molar-refractivity contribution is -0.137. The number of nitrogens with zero attached hydrogens (tertiary/aromatic N) is 3. The topological polar surface area (TPSA) is 88.2 Å². The van der Waals surface area contributed by atoms with E-state index in [0.717, 1.165) is 49.0 Å². The molecule has 0 amide bonds. The fraction of sp³-hybridized carbons (Fsp3) is 0.280. The van der Waals surface area contributed by atoms with Gasteiger partial charge in [0.15, 0.2) is 11.6 Å². The molecule has 0 saturated carbocycles. The maximum atomic E-state index is 13.3. The van der Waals surface area contributed by atoms with E-state index in [2.05, 4.69) is 24.8 Å². The number of imidazole rings is 1. The Morgan fingerprint density at radius 2 is 1.83 bits per heavy atom. The molecule has 5 rings (SSSR count). The number of piperazine rings is 1. The van der Waals surface area contributed by atoms with E-state index in [1.165, 1.54) is 30.5 Å². The Labute approximate surface area is 199 Å². The number of nitrogens with one attached hydrogen (secondary N) is 2. The number of aliphatic hydroxyl groups is 1. The Morgan fingerprint density at radius 1 is 1.06 bits per heavy atom. The maximum Gasteiger partial charge on any atom is 0.417 e. The molecule has 7 nitrogen and oxygen atoms in total. The molecule has 1 fully saturated rings. The predicted molar refractivity (Wildman–Crippen MR) is 126 cm³/mol. The summed E-state index contributed by atoms with van der Waals surface area (Å²) < 4.78 is 40.0. The fourth-order valence-corrected chi connectivity index (χ4v) is 4.44. The Bertz CT molecular complexity index is 1350. The van der Waals surface area contributed by atoms with Crippen LogP contribution in [-0.4, -0.2) is 70.1 Å². The van der Waals surface area contributed by atoms with Crippen molar-refractivity contribution in [1.82, 2.24) is 19.9 Å². The van der Waals surface area contributed by atoms with Gasteiger partial charge in [0.1, 0.15) is 0 Å². The number of aromatic amines is 2. The van der Waals surface area contributed by atoms with Crippen LogP contribution in [0.2, 0.25) is 0 Å². The normalized spacial score (nSPS) is 15.1. The van der Waals surface area contributed by atoms with Crippen molar-refractivity contribution in [1.29, 1.82) is 0 Å². The number of benzene rings is 2. The van der Waals surface area contributed by atoms with Gasteiger partial charge >= 0.3 is 6.18 Å². The molecule has 0 atom stereocenters. The number of hydrogen-bond acceptors (Lipinski definition) is 5. The number of rotatable bonds is 6. The van der Waals surface area contributed by atoms with E-state index in [1.807, 2.05) is 18.2 Å². The smallest absolute Gasteiger partial charge is 0.395 e. The molecular formula is C25H24F3N5O2. The van der Waals surface area contributed by atoms with Crippen molar-refractivity contribution in [3.8, 4) is 11.5 Å². The van der Waals surface area contributed by atoms with Gasteiger partial charge in [0.05, 0.1) is 28.9 Å². The molecule has 35 heavy (non-hydrogen) atoms. The van der Waals surface area contributed by atoms with Gasteiger partial charge in [-0.3, -0.25) is 9.69 Å². The number of aliphatic hydroxyl groups excluding tert-OH is 1. The van der Waals surface area contributed by atoms with Crippen LogP contribution in [0.3, 0.4) is 0 Å². The quantitative estimate of drug-likeness (QED) is 0.362. The van der Waals surface area contributed by atoms with E-state index in [4.69, 9.17) is 5.11 Å². The van der Waals surface area contributed by atoms with E-state index in [1.54, 1.807) is 0 Å². The van der Waals surface area contributed by atoms with Crippen molar-refractivity contribution in [3.63, 3.8) is 0 Å². The highest BCUT2D eigenvalue weighted by molar-refractivity contribution is 6.10. The Morgan fingerprint density at radius 3 is 2.57 bits per heavy atom. The first-order valence-electron chi connectivity index (χ1n) is 11.3. The van der Waals surface area contributed by atoms with Crippen molar-refractivity contribution in [2.24, 2.45) is 0 Å². The first-order valence-corrected chi connectivity index (χ1v) is 11.3. The van der Waals surface area contributed by atoms with Gasteiger partial charge in [-0.05, 0) is 30.3 Å². The van der Waals surface area contributed by atoms with E-state index in [-0.39, 0.29) is 17.7 Å². The number of hydrogen-bond donors (Lipinski definition) is 3. The second kappa shape index (κ2) is 9.20. The minimum atomic E-state index is -4.62. The number of fused-ring (bicyclic) bond motifs is 1. The Hall–Kier alpha value is -3.63. The van der Waals surface area contributed by atoms with Gasteiger partial charge in [0.25, 0.3) is 0 Å². The van der Waals surface area contributed by atoms with E-state index in [0.29, 0.717) is 18.1 Å². The summed E-state index contributed by atoms with van der Waals surface area (Å²) in [5, 5.41) is 9.12. The number of carbonyl (C=O) groups is 1. The summed E-state index contributed by atoms with van der Waals surface area (Å²) in [5.41, 5.74) is 1.90. The Balaban J connectivity index is 1.37. The van der Waals surface area contributed by atoms with Crippen LogP contribution in [-0.2, 0) is 6.18 Å². The average molecular weight is 483 g/mol. The summed E-state index contributed by atoms with van der Waals surface area (Å²) in [6, 6.07) is 12.2. The second-order valence-corrected chi connectivity index (χ2v) is 8.51. The highest BCUT2D eigenvalue weighted by Gasteiger charge is 2.35. The average Bonchev–Trinajstić information content (AvgIpc) is 3.51. The fourth-order valence-electron chi connectivity index (χ4n) is 4.44. The van der Waals surface area contributed by atoms with Gasteiger partial charge in [-0.15, -0.1) is 0 Å². The van der Waals surface area contributed by atoms with Crippen LogP contribution < -0.4 is 4.90 Å². The summed E-state index contributed by atoms with van der Waals surface area (Å²) >= 11 is 0. The van der Waals surface area contributed by atoms with Crippen LogP contribution in [0.25, 0.3) is 22.6 Å². The van der Waals surface area contributed by atoms with Gasteiger partial charge in [-0.2, -0.15) is 13.2 Å². The number of ketones is 1. The first-order chi connectivity index (χ1) is 16.8. The van der Waals surface area contributed by atoms with Crippen LogP contribution >= 0.6 is 0 Å². The van der Waals surface area contributed by atoms with Crippen molar-refractivity contribution in [2.75, 3.05) is 44.2 Å². The number of aromatic nitrogens is 3. The third kappa shape index (κ3) is 4.67. The third-order valence-corrected chi connectivity index (χ3v) is 6.30. The van der Waals surface area contributed by atoms with Crippen LogP contribution in [0.15, 0.2) is 54.7 Å². The molecule has 3 heterocycles. The lowest BCUT2D eigenvalue weighted by Gasteiger charge is -2.35. The number of halogens is 3. The number of anilines is 1. The van der Waals surface area contributed by atoms with Gasteiger partial charge < -0.3 is 20.0 Å². The highest BCUT2D eigenvalue weighted by atomic mass is 19.4. The molecule has 1 saturated heterocycles. The van der Waals surface area contributed by atoms with E-state index < -0.39 is 17.5 Å². The molecule has 2 aromatic carbocycles. The van der Waals surface area contributed by atoms with Gasteiger partial charge in [0, 0.05) is 55.7 Å². The Kier molecular flexibility index (Phi) is 6.08. The van der Waals surface area contributed by atoms with Gasteiger partial charge in [-0.1, -0.05) is 18.2 Å². The molecule has 4 aromatic rings. The zero-order valence-corrected chi connectivity index (χ0v) is 18.8. The van der Waals surface area contributed by atoms with Crippen molar-refractivity contribution < 1.29 is 23.1 Å². The molecule has 0 bridgehead atoms. The van der Waals surface area contributed by atoms with Crippen LogP contribution in [0, 0.1) is 0 Å². The minimum Gasteiger partial charge on any atom is -0.395 e. The first kappa shape index (κ1) is 23.1. The molecule has 0 aliphatic carbocycles. The van der Waals surface area contributed by atoms with Gasteiger partial charge in [-0.25, -0.2) is 4.98 Å². The number of carbonyl (C=O) groups excluding carboxylic acids is 1. The molecule has 10 heteroatoms. The standard InChI is InChI=1S/C25H24F3N5O2/c26-25(27,28)19-4-2-1-3-18(19)23(35)16-13-22(29-15-16)24-30-20-6-5-17(14-21(20)31-24)33-9-7-32(8-10-33)11-12-34/h1-6,13-15,29,34H,7-12H2,(H,30,31). The number of alkyl halides is 3.